The molecular weight excluding hydrogens is 429 g/mol. The molecule has 0 aliphatic carbocycles. The maximum absolute atomic E-state index is 13.7. The molecule has 0 N–H and O–H groups in total. The molecule has 0 fully saturated rings. The van der Waals surface area contributed by atoms with E-state index in [1.165, 1.54) is 0 Å². The third kappa shape index (κ3) is 4.19. The molecule has 5 nitrogen and oxygen atoms in total. The number of rotatable bonds is 4. The van der Waals surface area contributed by atoms with E-state index in [9.17, 15) is 13.2 Å². The monoisotopic (exact) mass is 448 g/mol. The van der Waals surface area contributed by atoms with E-state index in [0.29, 0.717) is 29.5 Å². The van der Waals surface area contributed by atoms with Gasteiger partial charge in [0.05, 0.1) is 35.0 Å². The number of pyridine rings is 2. The number of para-hydroxylation sites is 2. The second kappa shape index (κ2) is 8.12. The molecule has 33 heavy (non-hydrogen) atoms. The Balaban J connectivity index is 1.53. The summed E-state index contributed by atoms with van der Waals surface area (Å²) in [7, 11) is 1.90. The number of fused-ring (bicyclic) bond motifs is 1. The van der Waals surface area contributed by atoms with Crippen LogP contribution in [0.25, 0.3) is 11.4 Å². The van der Waals surface area contributed by atoms with Gasteiger partial charge in [0.15, 0.2) is 0 Å². The van der Waals surface area contributed by atoms with Crippen molar-refractivity contribution in [3.8, 4) is 22.9 Å². The van der Waals surface area contributed by atoms with Gasteiger partial charge in [0.2, 0.25) is 0 Å². The van der Waals surface area contributed by atoms with Crippen molar-refractivity contribution in [1.82, 2.24) is 9.97 Å². The van der Waals surface area contributed by atoms with Gasteiger partial charge in [-0.3, -0.25) is 9.97 Å². The lowest BCUT2D eigenvalue weighted by molar-refractivity contribution is -0.137. The standard InChI is InChI=1S/C25H19F3N4O/c1-31-16-32(24-8-3-2-7-23(24)31)18-12-17(25(26,27)28)13-20(14-18)33-19-9-11-30-22(15-19)21-6-4-5-10-29-21/h2-15H,16H2,1H3. The molecule has 4 aromatic rings. The lowest BCUT2D eigenvalue weighted by atomic mass is 10.1. The van der Waals surface area contributed by atoms with Crippen molar-refractivity contribution < 1.29 is 17.9 Å². The zero-order valence-corrected chi connectivity index (χ0v) is 17.6. The van der Waals surface area contributed by atoms with Crippen LogP contribution >= 0.6 is 0 Å². The second-order valence-corrected chi connectivity index (χ2v) is 7.66. The lowest BCUT2D eigenvalue weighted by Crippen LogP contribution is -2.24. The zero-order valence-electron chi connectivity index (χ0n) is 17.6. The van der Waals surface area contributed by atoms with Crippen molar-refractivity contribution in [3.05, 3.63) is 90.8 Å². The molecule has 0 atom stereocenters. The highest BCUT2D eigenvalue weighted by atomic mass is 19.4. The Morgan fingerprint density at radius 1 is 0.788 bits per heavy atom. The van der Waals surface area contributed by atoms with E-state index in [1.54, 1.807) is 42.7 Å². The molecule has 2 aromatic heterocycles. The summed E-state index contributed by atoms with van der Waals surface area (Å²) in [5, 5.41) is 0. The molecular formula is C25H19F3N4O. The number of anilines is 3. The van der Waals surface area contributed by atoms with E-state index in [0.717, 1.165) is 23.5 Å². The number of hydrogen-bond acceptors (Lipinski definition) is 5. The van der Waals surface area contributed by atoms with E-state index in [-0.39, 0.29) is 5.75 Å². The summed E-state index contributed by atoms with van der Waals surface area (Å²) in [5.74, 6) is 0.458. The Kier molecular flexibility index (Phi) is 5.12. The van der Waals surface area contributed by atoms with Crippen molar-refractivity contribution in [2.75, 3.05) is 23.5 Å². The number of hydrogen-bond donors (Lipinski definition) is 0. The number of halogens is 3. The van der Waals surface area contributed by atoms with E-state index >= 15 is 0 Å². The number of nitrogens with zero attached hydrogens (tertiary/aromatic N) is 4. The van der Waals surface area contributed by atoms with Gasteiger partial charge in [-0.1, -0.05) is 18.2 Å². The van der Waals surface area contributed by atoms with Crippen LogP contribution in [0.4, 0.5) is 30.2 Å². The Morgan fingerprint density at radius 3 is 2.30 bits per heavy atom. The van der Waals surface area contributed by atoms with Crippen molar-refractivity contribution in [2.24, 2.45) is 0 Å². The van der Waals surface area contributed by atoms with Gasteiger partial charge in [-0.05, 0) is 42.5 Å². The first-order valence-corrected chi connectivity index (χ1v) is 10.2. The highest BCUT2D eigenvalue weighted by Crippen LogP contribution is 2.43. The fraction of sp³-hybridized carbons (Fsp3) is 0.120. The fourth-order valence-electron chi connectivity index (χ4n) is 3.83. The van der Waals surface area contributed by atoms with Gasteiger partial charge in [0.25, 0.3) is 0 Å². The van der Waals surface area contributed by atoms with Crippen LogP contribution in [0.2, 0.25) is 0 Å². The third-order valence-corrected chi connectivity index (χ3v) is 5.36. The van der Waals surface area contributed by atoms with Crippen LogP contribution in [0, 0.1) is 0 Å². The van der Waals surface area contributed by atoms with Crippen LogP contribution in [0.15, 0.2) is 85.2 Å². The number of aromatic nitrogens is 2. The minimum absolute atomic E-state index is 0.0880. The molecule has 166 valence electrons. The summed E-state index contributed by atoms with van der Waals surface area (Å²) in [4.78, 5) is 12.4. The minimum Gasteiger partial charge on any atom is -0.457 e. The van der Waals surface area contributed by atoms with E-state index in [2.05, 4.69) is 9.97 Å². The van der Waals surface area contributed by atoms with Gasteiger partial charge in [-0.15, -0.1) is 0 Å². The lowest BCUT2D eigenvalue weighted by Gasteiger charge is -2.22. The normalized spacial score (nSPS) is 13.2. The first kappa shape index (κ1) is 20.8. The van der Waals surface area contributed by atoms with Gasteiger partial charge < -0.3 is 14.5 Å². The van der Waals surface area contributed by atoms with Crippen molar-refractivity contribution in [3.63, 3.8) is 0 Å². The summed E-state index contributed by atoms with van der Waals surface area (Å²) in [6.07, 6.45) is -1.33. The van der Waals surface area contributed by atoms with Crippen LogP contribution < -0.4 is 14.5 Å². The Bertz CT molecular complexity index is 1290. The molecule has 1 aliphatic heterocycles. The molecule has 5 rings (SSSR count). The van der Waals surface area contributed by atoms with Crippen LogP contribution in [0.1, 0.15) is 5.56 Å². The molecule has 1 aliphatic rings. The van der Waals surface area contributed by atoms with Crippen LogP contribution in [0.3, 0.4) is 0 Å². The minimum atomic E-state index is -4.52. The van der Waals surface area contributed by atoms with Gasteiger partial charge in [-0.2, -0.15) is 13.2 Å². The average molecular weight is 448 g/mol. The van der Waals surface area contributed by atoms with E-state index in [4.69, 9.17) is 4.74 Å². The fourth-order valence-corrected chi connectivity index (χ4v) is 3.83. The number of benzene rings is 2. The molecule has 8 heteroatoms. The summed E-state index contributed by atoms with van der Waals surface area (Å²) >= 11 is 0. The highest BCUT2D eigenvalue weighted by molar-refractivity contribution is 5.82. The zero-order chi connectivity index (χ0) is 23.0. The maximum Gasteiger partial charge on any atom is 0.416 e. The quantitative estimate of drug-likeness (QED) is 0.356. The molecule has 0 radical (unpaired) electrons. The molecule has 2 aromatic carbocycles. The topological polar surface area (TPSA) is 41.5 Å². The highest BCUT2D eigenvalue weighted by Gasteiger charge is 2.33. The predicted molar refractivity (Wildman–Crippen MR) is 121 cm³/mol. The molecule has 0 spiro atoms. The Morgan fingerprint density at radius 2 is 1.55 bits per heavy atom. The average Bonchev–Trinajstić information content (AvgIpc) is 3.16. The number of alkyl halides is 3. The van der Waals surface area contributed by atoms with Crippen molar-refractivity contribution >= 4 is 17.1 Å². The summed E-state index contributed by atoms with van der Waals surface area (Å²) in [6, 6.07) is 20.1. The van der Waals surface area contributed by atoms with Crippen molar-refractivity contribution in [2.45, 2.75) is 6.18 Å². The molecule has 0 unspecified atom stereocenters. The van der Waals surface area contributed by atoms with Crippen LogP contribution in [-0.4, -0.2) is 23.7 Å². The molecule has 0 bridgehead atoms. The van der Waals surface area contributed by atoms with Gasteiger partial charge in [-0.25, -0.2) is 0 Å². The summed E-state index contributed by atoms with van der Waals surface area (Å²) in [6.45, 7) is 0.430. The van der Waals surface area contributed by atoms with Gasteiger partial charge >= 0.3 is 6.18 Å². The summed E-state index contributed by atoms with van der Waals surface area (Å²) < 4.78 is 47.1. The smallest absolute Gasteiger partial charge is 0.416 e. The molecule has 0 saturated carbocycles. The second-order valence-electron chi connectivity index (χ2n) is 7.66. The van der Waals surface area contributed by atoms with E-state index in [1.807, 2.05) is 47.2 Å². The third-order valence-electron chi connectivity index (χ3n) is 5.36. The first-order chi connectivity index (χ1) is 15.9. The molecule has 0 saturated heterocycles. The maximum atomic E-state index is 13.7. The van der Waals surface area contributed by atoms with Crippen molar-refractivity contribution in [1.29, 1.82) is 0 Å². The Hall–Kier alpha value is -4.07. The van der Waals surface area contributed by atoms with E-state index < -0.39 is 11.7 Å². The van der Waals surface area contributed by atoms with Crippen LogP contribution in [0.5, 0.6) is 11.5 Å². The first-order valence-electron chi connectivity index (χ1n) is 10.2. The van der Waals surface area contributed by atoms with Crippen LogP contribution in [-0.2, 0) is 6.18 Å². The van der Waals surface area contributed by atoms with Gasteiger partial charge in [0.1, 0.15) is 11.5 Å². The largest absolute Gasteiger partial charge is 0.457 e. The Labute approximate surface area is 188 Å². The number of ether oxygens (including phenoxy) is 1. The predicted octanol–water partition coefficient (Wildman–Crippen LogP) is 6.50. The SMILES string of the molecule is CN1CN(c2cc(Oc3ccnc(-c4ccccn4)c3)cc(C(F)(F)F)c2)c2ccccc21. The molecule has 3 heterocycles. The molecule has 0 amide bonds. The summed E-state index contributed by atoms with van der Waals surface area (Å²) in [5.41, 5.74) is 2.62. The van der Waals surface area contributed by atoms with Gasteiger partial charge in [0, 0.05) is 37.3 Å².